The first-order chi connectivity index (χ1) is 27.1. The molecule has 0 radical (unpaired) electrons. The second-order valence-corrected chi connectivity index (χ2v) is 19.0. The van der Waals surface area contributed by atoms with E-state index >= 15 is 0 Å². The molecule has 0 amide bonds. The van der Waals surface area contributed by atoms with Crippen LogP contribution in [-0.2, 0) is 16.5 Å². The van der Waals surface area contributed by atoms with Crippen LogP contribution in [-0.4, -0.2) is 13.0 Å². The fraction of sp³-hybridized carbons (Fsp3) is 0.882. The molecule has 5 heteroatoms. The van der Waals surface area contributed by atoms with Crippen molar-refractivity contribution in [1.29, 1.82) is 0 Å². The van der Waals surface area contributed by atoms with Gasteiger partial charge in [-0.2, -0.15) is 0 Å². The molecule has 0 saturated carbocycles. The average molecular weight is 811 g/mol. The van der Waals surface area contributed by atoms with Crippen LogP contribution in [0.5, 0.6) is 0 Å². The topological polar surface area (TPSA) is 57.2 Å². The van der Waals surface area contributed by atoms with Gasteiger partial charge in [-0.25, -0.2) is 8.42 Å². The van der Waals surface area contributed by atoms with E-state index in [-0.39, 0.29) is 34.5 Å². The summed E-state index contributed by atoms with van der Waals surface area (Å²) in [6, 6.07) is 6.65. The summed E-state index contributed by atoms with van der Waals surface area (Å²) in [5.74, 6) is 0. The Morgan fingerprint density at radius 2 is 0.536 bits per heavy atom. The Kier molecular flexibility index (Phi) is 44.8. The summed E-state index contributed by atoms with van der Waals surface area (Å²) in [7, 11) is -4.37. The van der Waals surface area contributed by atoms with Crippen molar-refractivity contribution in [2.45, 2.75) is 294 Å². The molecule has 56 heavy (non-hydrogen) atoms. The van der Waals surface area contributed by atoms with Crippen LogP contribution in [0.4, 0.5) is 0 Å². The summed E-state index contributed by atoms with van der Waals surface area (Å²) in [5, 5.41) is 0. The van der Waals surface area contributed by atoms with Crippen LogP contribution in [0.2, 0.25) is 0 Å². The van der Waals surface area contributed by atoms with Crippen LogP contribution in [0.15, 0.2) is 29.2 Å². The molecule has 1 aromatic carbocycles. The zero-order chi connectivity index (χ0) is 39.6. The van der Waals surface area contributed by atoms with Gasteiger partial charge in [-0.15, -0.1) is 0 Å². The Hall–Kier alpha value is 0.130. The van der Waals surface area contributed by atoms with Gasteiger partial charge in [-0.05, 0) is 24.5 Å². The Morgan fingerprint density at radius 1 is 0.339 bits per heavy atom. The number of aryl methyl sites for hydroxylation is 1. The minimum absolute atomic E-state index is 0. The first-order valence-corrected chi connectivity index (χ1v) is 26.5. The van der Waals surface area contributed by atoms with Crippen molar-refractivity contribution < 1.29 is 42.5 Å². The zero-order valence-corrected chi connectivity index (χ0v) is 40.9. The summed E-state index contributed by atoms with van der Waals surface area (Å²) in [6.07, 6.45) is 61.8. The van der Waals surface area contributed by atoms with Crippen LogP contribution in [0, 0.1) is 0 Å². The van der Waals surface area contributed by atoms with Crippen molar-refractivity contribution in [3.63, 3.8) is 0 Å². The summed E-state index contributed by atoms with van der Waals surface area (Å²) in [5.41, 5.74) is 0.675. The SMILES string of the molecule is CCCCCCCCCCCCCCCCCCCCCCCCCCCCCCCCCCCCCCCCCCCCCc1ccccc1S(=O)(=O)[O-].[Na+]. The Balaban J connectivity index is 0.0000302. The Morgan fingerprint density at radius 3 is 0.750 bits per heavy atom. The van der Waals surface area contributed by atoms with Gasteiger partial charge in [0.1, 0.15) is 10.1 Å². The number of rotatable bonds is 45. The molecule has 0 heterocycles. The third-order valence-corrected chi connectivity index (χ3v) is 13.2. The monoisotopic (exact) mass is 811 g/mol. The zero-order valence-electron chi connectivity index (χ0n) is 38.1. The van der Waals surface area contributed by atoms with Crippen molar-refractivity contribution in [3.05, 3.63) is 29.8 Å². The first kappa shape index (κ1) is 56.1. The molecule has 3 nitrogen and oxygen atoms in total. The molecular weight excluding hydrogens is 716 g/mol. The molecule has 324 valence electrons. The van der Waals surface area contributed by atoms with E-state index in [0.29, 0.717) is 12.0 Å². The molecule has 0 aromatic heterocycles. The van der Waals surface area contributed by atoms with E-state index in [1.54, 1.807) is 12.1 Å². The maximum atomic E-state index is 11.4. The maximum Gasteiger partial charge on any atom is 1.00 e. The van der Waals surface area contributed by atoms with Crippen molar-refractivity contribution in [3.8, 4) is 0 Å². The molecule has 0 spiro atoms. The Bertz CT molecular complexity index is 1010. The summed E-state index contributed by atoms with van der Waals surface area (Å²) >= 11 is 0. The van der Waals surface area contributed by atoms with E-state index in [4.69, 9.17) is 0 Å². The molecule has 0 saturated heterocycles. The van der Waals surface area contributed by atoms with Crippen molar-refractivity contribution in [2.24, 2.45) is 0 Å². The molecule has 1 rings (SSSR count). The molecule has 1 aromatic rings. The smallest absolute Gasteiger partial charge is 0.744 e. The standard InChI is InChI=1S/C51H96O3S.Na/c1-2-3-4-5-6-7-8-9-10-11-12-13-14-15-16-17-18-19-20-21-22-23-24-25-26-27-28-29-30-31-32-33-34-35-36-37-38-39-40-41-42-43-44-47-50-48-45-46-49-51(50)55(52,53)54;/h45-46,48-49H,2-44,47H2,1H3,(H,52,53,54);/q;+1/p-1. The van der Waals surface area contributed by atoms with Crippen LogP contribution < -0.4 is 29.6 Å². The second kappa shape index (κ2) is 44.7. The number of unbranched alkanes of at least 4 members (excludes halogenated alkanes) is 42. The molecule has 0 unspecified atom stereocenters. The summed E-state index contributed by atoms with van der Waals surface area (Å²) < 4.78 is 34.2. The van der Waals surface area contributed by atoms with Gasteiger partial charge >= 0.3 is 29.6 Å². The van der Waals surface area contributed by atoms with Gasteiger partial charge < -0.3 is 4.55 Å². The van der Waals surface area contributed by atoms with Crippen LogP contribution in [0.1, 0.15) is 289 Å². The van der Waals surface area contributed by atoms with Gasteiger partial charge in [0, 0.05) is 0 Å². The third kappa shape index (κ3) is 39.6. The van der Waals surface area contributed by atoms with Crippen molar-refractivity contribution in [1.82, 2.24) is 0 Å². The normalized spacial score (nSPS) is 11.7. The van der Waals surface area contributed by atoms with E-state index in [1.807, 2.05) is 6.07 Å². The van der Waals surface area contributed by atoms with E-state index in [1.165, 1.54) is 269 Å². The van der Waals surface area contributed by atoms with Gasteiger partial charge in [-0.1, -0.05) is 295 Å². The molecule has 0 aliphatic carbocycles. The first-order valence-electron chi connectivity index (χ1n) is 25.1. The van der Waals surface area contributed by atoms with Gasteiger partial charge in [0.2, 0.25) is 0 Å². The molecule has 0 aliphatic heterocycles. The predicted molar refractivity (Wildman–Crippen MR) is 242 cm³/mol. The van der Waals surface area contributed by atoms with E-state index in [2.05, 4.69) is 6.92 Å². The maximum absolute atomic E-state index is 11.4. The van der Waals surface area contributed by atoms with Gasteiger partial charge in [0.05, 0.1) is 4.90 Å². The molecular formula is C51H95NaO3S. The fourth-order valence-electron chi connectivity index (χ4n) is 8.59. The number of benzene rings is 1. The van der Waals surface area contributed by atoms with Gasteiger partial charge in [0.25, 0.3) is 0 Å². The average Bonchev–Trinajstić information content (AvgIpc) is 3.18. The van der Waals surface area contributed by atoms with Crippen LogP contribution in [0.3, 0.4) is 0 Å². The fourth-order valence-corrected chi connectivity index (χ4v) is 9.33. The van der Waals surface area contributed by atoms with Crippen LogP contribution in [0.25, 0.3) is 0 Å². The molecule has 0 fully saturated rings. The Labute approximate surface area is 374 Å². The molecule has 0 atom stereocenters. The minimum Gasteiger partial charge on any atom is -0.744 e. The molecule has 0 bridgehead atoms. The van der Waals surface area contributed by atoms with Gasteiger partial charge in [-0.3, -0.25) is 0 Å². The van der Waals surface area contributed by atoms with Crippen LogP contribution >= 0.6 is 0 Å². The minimum atomic E-state index is -4.37. The number of hydrogen-bond donors (Lipinski definition) is 0. The predicted octanol–water partition coefficient (Wildman–Crippen LogP) is 14.9. The quantitative estimate of drug-likeness (QED) is 0.0374. The second-order valence-electron chi connectivity index (χ2n) is 17.7. The van der Waals surface area contributed by atoms with E-state index in [9.17, 15) is 13.0 Å². The largest absolute Gasteiger partial charge is 1.00 e. The molecule has 0 N–H and O–H groups in total. The number of hydrogen-bond acceptors (Lipinski definition) is 3. The van der Waals surface area contributed by atoms with Crippen molar-refractivity contribution in [2.75, 3.05) is 0 Å². The van der Waals surface area contributed by atoms with Gasteiger partial charge in [0.15, 0.2) is 0 Å². The third-order valence-electron chi connectivity index (χ3n) is 12.3. The molecule has 0 aliphatic rings. The van der Waals surface area contributed by atoms with Crippen molar-refractivity contribution >= 4 is 10.1 Å². The van der Waals surface area contributed by atoms with E-state index in [0.717, 1.165) is 12.8 Å². The summed E-state index contributed by atoms with van der Waals surface area (Å²) in [4.78, 5) is -0.0398. The van der Waals surface area contributed by atoms with E-state index < -0.39 is 10.1 Å². The summed E-state index contributed by atoms with van der Waals surface area (Å²) in [6.45, 7) is 2.31.